The van der Waals surface area contributed by atoms with Gasteiger partial charge in [0.1, 0.15) is 11.9 Å². The maximum atomic E-state index is 12.7. The van der Waals surface area contributed by atoms with Crippen LogP contribution in [-0.4, -0.2) is 30.4 Å². The molecule has 1 aliphatic rings. The second-order valence-corrected chi connectivity index (χ2v) is 4.38. The van der Waals surface area contributed by atoms with Crippen LogP contribution in [0.4, 0.5) is 4.39 Å². The lowest BCUT2D eigenvalue weighted by Gasteiger charge is -2.36. The molecule has 20 heavy (non-hydrogen) atoms. The van der Waals surface area contributed by atoms with Crippen molar-refractivity contribution >= 4 is 11.8 Å². The van der Waals surface area contributed by atoms with Crippen LogP contribution in [0.15, 0.2) is 29.4 Å². The predicted octanol–water partition coefficient (Wildman–Crippen LogP) is 0.662. The molecule has 2 rings (SSSR count). The largest absolute Gasteiger partial charge is 0.349 e. The van der Waals surface area contributed by atoms with Crippen LogP contribution < -0.4 is 10.6 Å². The lowest BCUT2D eigenvalue weighted by atomic mass is 9.98. The van der Waals surface area contributed by atoms with Crippen LogP contribution in [-0.2, 0) is 16.0 Å². The maximum absolute atomic E-state index is 12.7. The van der Waals surface area contributed by atoms with E-state index in [4.69, 9.17) is 5.53 Å². The normalized spacial score (nSPS) is 20.4. The highest BCUT2D eigenvalue weighted by Gasteiger charge is 2.39. The van der Waals surface area contributed by atoms with E-state index in [0.717, 1.165) is 0 Å². The highest BCUT2D eigenvalue weighted by Crippen LogP contribution is 2.08. The van der Waals surface area contributed by atoms with Crippen molar-refractivity contribution < 1.29 is 14.0 Å². The van der Waals surface area contributed by atoms with Crippen molar-refractivity contribution in [2.75, 3.05) is 6.54 Å². The molecule has 1 saturated heterocycles. The minimum absolute atomic E-state index is 0.0539. The Morgan fingerprint density at radius 1 is 1.45 bits per heavy atom. The molecule has 2 N–H and O–H groups in total. The van der Waals surface area contributed by atoms with Crippen molar-refractivity contribution in [3.63, 3.8) is 0 Å². The number of carbonyl (C=O) groups excluding carboxylic acids is 2. The van der Waals surface area contributed by atoms with Gasteiger partial charge in [0.15, 0.2) is 0 Å². The standard InChI is InChI=1S/C12H12FN5O2/c13-8-3-1-7(2-4-8)5-10(19)17-11-9(6-15-18-14)16-12(11)20/h1-4,9,11H,5-6H2,(H,16,20)(H,17,19)/t9-,11+/m0/s1. The molecular formula is C12H12FN5O2. The predicted molar refractivity (Wildman–Crippen MR) is 68.0 cm³/mol. The summed E-state index contributed by atoms with van der Waals surface area (Å²) in [6.07, 6.45) is 0.0539. The lowest BCUT2D eigenvalue weighted by molar-refractivity contribution is -0.135. The zero-order valence-electron chi connectivity index (χ0n) is 10.4. The van der Waals surface area contributed by atoms with Gasteiger partial charge in [0, 0.05) is 11.5 Å². The Balaban J connectivity index is 1.88. The number of nitrogens with one attached hydrogen (secondary N) is 2. The molecule has 2 amide bonds. The van der Waals surface area contributed by atoms with Crippen LogP contribution in [0.25, 0.3) is 10.4 Å². The summed E-state index contributed by atoms with van der Waals surface area (Å²) in [6.45, 7) is 0.0870. The van der Waals surface area contributed by atoms with Gasteiger partial charge < -0.3 is 10.6 Å². The number of amides is 2. The van der Waals surface area contributed by atoms with E-state index in [-0.39, 0.29) is 36.6 Å². The fraction of sp³-hybridized carbons (Fsp3) is 0.333. The van der Waals surface area contributed by atoms with Gasteiger partial charge in [-0.2, -0.15) is 0 Å². The number of carbonyl (C=O) groups is 2. The number of hydrogen-bond acceptors (Lipinski definition) is 3. The van der Waals surface area contributed by atoms with Gasteiger partial charge in [-0.05, 0) is 23.2 Å². The van der Waals surface area contributed by atoms with Crippen LogP contribution >= 0.6 is 0 Å². The molecule has 1 aromatic carbocycles. The van der Waals surface area contributed by atoms with Crippen LogP contribution in [0.1, 0.15) is 5.56 Å². The van der Waals surface area contributed by atoms with E-state index in [1.165, 1.54) is 24.3 Å². The molecule has 1 heterocycles. The van der Waals surface area contributed by atoms with Gasteiger partial charge in [-0.1, -0.05) is 17.2 Å². The minimum Gasteiger partial charge on any atom is -0.349 e. The van der Waals surface area contributed by atoms with Crippen molar-refractivity contribution in [3.8, 4) is 0 Å². The van der Waals surface area contributed by atoms with E-state index in [1.54, 1.807) is 0 Å². The average Bonchev–Trinajstić information content (AvgIpc) is 2.43. The average molecular weight is 277 g/mol. The Morgan fingerprint density at radius 3 is 2.75 bits per heavy atom. The molecule has 104 valence electrons. The zero-order valence-corrected chi connectivity index (χ0v) is 10.4. The topological polar surface area (TPSA) is 107 Å². The molecule has 7 nitrogen and oxygen atoms in total. The summed E-state index contributed by atoms with van der Waals surface area (Å²) < 4.78 is 12.7. The number of hydrogen-bond donors (Lipinski definition) is 2. The first kappa shape index (κ1) is 13.8. The van der Waals surface area contributed by atoms with Crippen molar-refractivity contribution in [2.24, 2.45) is 5.11 Å². The van der Waals surface area contributed by atoms with Gasteiger partial charge in [-0.25, -0.2) is 4.39 Å². The van der Waals surface area contributed by atoms with Gasteiger partial charge in [-0.15, -0.1) is 0 Å². The summed E-state index contributed by atoms with van der Waals surface area (Å²) in [6, 6.07) is 4.48. The molecule has 1 aliphatic heterocycles. The van der Waals surface area contributed by atoms with Gasteiger partial charge in [0.2, 0.25) is 11.8 Å². The lowest BCUT2D eigenvalue weighted by Crippen LogP contribution is -2.70. The van der Waals surface area contributed by atoms with Crippen molar-refractivity contribution in [3.05, 3.63) is 46.1 Å². The number of azide groups is 1. The minimum atomic E-state index is -0.687. The molecular weight excluding hydrogens is 265 g/mol. The maximum Gasteiger partial charge on any atom is 0.245 e. The second kappa shape index (κ2) is 6.03. The van der Waals surface area contributed by atoms with E-state index >= 15 is 0 Å². The Hall–Kier alpha value is -2.60. The number of rotatable bonds is 5. The SMILES string of the molecule is [N-]=[N+]=NC[C@@H]1NC(=O)[C@@H]1NC(=O)Cc1ccc(F)cc1. The van der Waals surface area contributed by atoms with Gasteiger partial charge in [-0.3, -0.25) is 9.59 Å². The number of halogens is 1. The summed E-state index contributed by atoms with van der Waals surface area (Å²) >= 11 is 0. The van der Waals surface area contributed by atoms with E-state index in [9.17, 15) is 14.0 Å². The molecule has 1 aromatic rings. The second-order valence-electron chi connectivity index (χ2n) is 4.38. The van der Waals surface area contributed by atoms with E-state index in [2.05, 4.69) is 20.7 Å². The first-order valence-electron chi connectivity index (χ1n) is 5.95. The van der Waals surface area contributed by atoms with Gasteiger partial charge >= 0.3 is 0 Å². The smallest absolute Gasteiger partial charge is 0.245 e. The number of β-lactam (4-membered cyclic amide) rings is 1. The number of nitrogens with zero attached hydrogens (tertiary/aromatic N) is 3. The summed E-state index contributed by atoms with van der Waals surface area (Å²) in [5, 5.41) is 8.45. The molecule has 0 spiro atoms. The Labute approximate surface area is 113 Å². The molecule has 0 aromatic heterocycles. The Bertz CT molecular complexity index is 568. The van der Waals surface area contributed by atoms with E-state index < -0.39 is 6.04 Å². The fourth-order valence-corrected chi connectivity index (χ4v) is 1.90. The molecule has 1 fully saturated rings. The molecule has 0 saturated carbocycles. The van der Waals surface area contributed by atoms with Crippen molar-refractivity contribution in [2.45, 2.75) is 18.5 Å². The van der Waals surface area contributed by atoms with Crippen LogP contribution in [0, 0.1) is 5.82 Å². The summed E-state index contributed by atoms with van der Waals surface area (Å²) in [7, 11) is 0. The van der Waals surface area contributed by atoms with E-state index in [1.807, 2.05) is 0 Å². The highest BCUT2D eigenvalue weighted by atomic mass is 19.1. The summed E-state index contributed by atoms with van der Waals surface area (Å²) in [4.78, 5) is 25.7. The Morgan fingerprint density at radius 2 is 2.15 bits per heavy atom. The first-order chi connectivity index (χ1) is 9.60. The highest BCUT2D eigenvalue weighted by molar-refractivity contribution is 5.93. The molecule has 2 atom stereocenters. The quantitative estimate of drug-likeness (QED) is 0.357. The molecule has 0 unspecified atom stereocenters. The molecule has 0 aliphatic carbocycles. The molecule has 8 heteroatoms. The summed E-state index contributed by atoms with van der Waals surface area (Å²) in [5.41, 5.74) is 8.86. The number of benzene rings is 1. The molecule has 0 radical (unpaired) electrons. The third-order valence-corrected chi connectivity index (χ3v) is 2.95. The monoisotopic (exact) mass is 277 g/mol. The van der Waals surface area contributed by atoms with Crippen LogP contribution in [0.3, 0.4) is 0 Å². The van der Waals surface area contributed by atoms with E-state index in [0.29, 0.717) is 5.56 Å². The first-order valence-corrected chi connectivity index (χ1v) is 5.95. The zero-order chi connectivity index (χ0) is 14.5. The van der Waals surface area contributed by atoms with Crippen molar-refractivity contribution in [1.29, 1.82) is 0 Å². The van der Waals surface area contributed by atoms with Crippen LogP contribution in [0.2, 0.25) is 0 Å². The Kier molecular flexibility index (Phi) is 4.17. The third-order valence-electron chi connectivity index (χ3n) is 2.95. The third kappa shape index (κ3) is 3.24. The van der Waals surface area contributed by atoms with Crippen LogP contribution in [0.5, 0.6) is 0 Å². The van der Waals surface area contributed by atoms with Gasteiger partial charge in [0.25, 0.3) is 0 Å². The summed E-state index contributed by atoms with van der Waals surface area (Å²) in [5.74, 6) is -1.03. The van der Waals surface area contributed by atoms with Crippen molar-refractivity contribution in [1.82, 2.24) is 10.6 Å². The molecule has 0 bridgehead atoms. The van der Waals surface area contributed by atoms with Gasteiger partial charge in [0.05, 0.1) is 12.5 Å². The fourth-order valence-electron chi connectivity index (χ4n) is 1.90.